The van der Waals surface area contributed by atoms with Gasteiger partial charge in [-0.05, 0) is 54.6 Å². The second-order valence-corrected chi connectivity index (χ2v) is 8.51. The van der Waals surface area contributed by atoms with E-state index >= 15 is 0 Å². The number of fused-ring (bicyclic) bond motifs is 1. The first-order valence-electron chi connectivity index (χ1n) is 8.88. The molecular formula is C19H19FN4OS2. The van der Waals surface area contributed by atoms with Crippen LogP contribution in [0.5, 0.6) is 0 Å². The normalized spacial score (nSPS) is 17.4. The standard InChI is InChI=1S/C19H19FN4OS2/c1-12-3-2-8-24(9-12)15(25)10-26-19-18-17(21-11-22-19)16(23-27-18)13-4-6-14(20)7-5-13/h4-7,11-12H,2-3,8-10H2,1H3/t12-/m1/s1. The molecule has 1 amide bonds. The van der Waals surface area contributed by atoms with Crippen molar-refractivity contribution in [1.82, 2.24) is 19.2 Å². The van der Waals surface area contributed by atoms with E-state index in [2.05, 4.69) is 21.3 Å². The highest BCUT2D eigenvalue weighted by Gasteiger charge is 2.22. The fourth-order valence-electron chi connectivity index (χ4n) is 3.28. The number of benzene rings is 1. The maximum absolute atomic E-state index is 13.2. The molecule has 0 spiro atoms. The summed E-state index contributed by atoms with van der Waals surface area (Å²) in [5, 5.41) is 0.768. The van der Waals surface area contributed by atoms with Gasteiger partial charge in [-0.25, -0.2) is 14.4 Å². The van der Waals surface area contributed by atoms with Crippen LogP contribution < -0.4 is 0 Å². The van der Waals surface area contributed by atoms with E-state index in [-0.39, 0.29) is 11.7 Å². The minimum atomic E-state index is -0.283. The molecule has 0 unspecified atom stereocenters. The number of nitrogens with zero attached hydrogens (tertiary/aromatic N) is 4. The molecule has 3 heterocycles. The molecule has 1 fully saturated rings. The van der Waals surface area contributed by atoms with Gasteiger partial charge in [0.1, 0.15) is 33.1 Å². The number of aromatic nitrogens is 3. The highest BCUT2D eigenvalue weighted by Crippen LogP contribution is 2.34. The van der Waals surface area contributed by atoms with Gasteiger partial charge in [0, 0.05) is 18.7 Å². The first kappa shape index (κ1) is 18.3. The summed E-state index contributed by atoms with van der Waals surface area (Å²) >= 11 is 2.74. The van der Waals surface area contributed by atoms with E-state index in [1.807, 2.05) is 4.90 Å². The van der Waals surface area contributed by atoms with Gasteiger partial charge in [0.15, 0.2) is 0 Å². The first-order chi connectivity index (χ1) is 13.1. The van der Waals surface area contributed by atoms with Gasteiger partial charge in [-0.1, -0.05) is 18.7 Å². The van der Waals surface area contributed by atoms with E-state index in [0.717, 1.165) is 46.0 Å². The smallest absolute Gasteiger partial charge is 0.232 e. The van der Waals surface area contributed by atoms with Gasteiger partial charge in [-0.3, -0.25) is 4.79 Å². The van der Waals surface area contributed by atoms with E-state index in [1.54, 1.807) is 12.1 Å². The van der Waals surface area contributed by atoms with Crippen LogP contribution in [0.25, 0.3) is 21.5 Å². The van der Waals surface area contributed by atoms with E-state index in [0.29, 0.717) is 11.7 Å². The summed E-state index contributed by atoms with van der Waals surface area (Å²) < 4.78 is 18.5. The molecule has 1 aliphatic rings. The molecule has 1 aromatic carbocycles. The van der Waals surface area contributed by atoms with Gasteiger partial charge in [-0.2, -0.15) is 4.37 Å². The molecule has 0 bridgehead atoms. The van der Waals surface area contributed by atoms with Crippen molar-refractivity contribution in [2.24, 2.45) is 5.92 Å². The number of carbonyl (C=O) groups is 1. The molecule has 27 heavy (non-hydrogen) atoms. The number of halogens is 1. The Hall–Kier alpha value is -2.06. The van der Waals surface area contributed by atoms with Gasteiger partial charge >= 0.3 is 0 Å². The lowest BCUT2D eigenvalue weighted by Gasteiger charge is -2.30. The number of hydrogen-bond acceptors (Lipinski definition) is 6. The van der Waals surface area contributed by atoms with Gasteiger partial charge in [0.25, 0.3) is 0 Å². The zero-order valence-electron chi connectivity index (χ0n) is 14.9. The summed E-state index contributed by atoms with van der Waals surface area (Å²) in [6.07, 6.45) is 3.77. The van der Waals surface area contributed by atoms with Crippen molar-refractivity contribution in [2.75, 3.05) is 18.8 Å². The predicted molar refractivity (Wildman–Crippen MR) is 106 cm³/mol. The first-order valence-corrected chi connectivity index (χ1v) is 10.6. The van der Waals surface area contributed by atoms with Crippen molar-refractivity contribution in [3.8, 4) is 11.3 Å². The lowest BCUT2D eigenvalue weighted by atomic mass is 10.0. The maximum atomic E-state index is 13.2. The van der Waals surface area contributed by atoms with E-state index in [4.69, 9.17) is 0 Å². The third kappa shape index (κ3) is 3.96. The number of hydrogen-bond donors (Lipinski definition) is 0. The largest absolute Gasteiger partial charge is 0.342 e. The number of likely N-dealkylation sites (tertiary alicyclic amines) is 1. The number of rotatable bonds is 4. The zero-order chi connectivity index (χ0) is 18.8. The minimum Gasteiger partial charge on any atom is -0.342 e. The van der Waals surface area contributed by atoms with Crippen LogP contribution in [0.3, 0.4) is 0 Å². The predicted octanol–water partition coefficient (Wildman–Crippen LogP) is 4.24. The Bertz CT molecular complexity index is 960. The van der Waals surface area contributed by atoms with Crippen LogP contribution in [0.1, 0.15) is 19.8 Å². The molecule has 1 saturated heterocycles. The number of carbonyl (C=O) groups excluding carboxylic acids is 1. The van der Waals surface area contributed by atoms with Crippen molar-refractivity contribution in [3.05, 3.63) is 36.4 Å². The molecule has 0 aliphatic carbocycles. The Balaban J connectivity index is 1.53. The van der Waals surface area contributed by atoms with E-state index in [1.165, 1.54) is 48.2 Å². The lowest BCUT2D eigenvalue weighted by Crippen LogP contribution is -2.40. The fourth-order valence-corrected chi connectivity index (χ4v) is 5.10. The highest BCUT2D eigenvalue weighted by atomic mass is 32.2. The molecule has 4 rings (SSSR count). The van der Waals surface area contributed by atoms with Crippen LogP contribution in [0.15, 0.2) is 35.6 Å². The number of piperidine rings is 1. The summed E-state index contributed by atoms with van der Waals surface area (Å²) in [5.41, 5.74) is 2.27. The molecule has 0 N–H and O–H groups in total. The third-order valence-electron chi connectivity index (χ3n) is 4.68. The van der Waals surface area contributed by atoms with Crippen molar-refractivity contribution in [1.29, 1.82) is 0 Å². The Kier molecular flexibility index (Phi) is 5.36. The van der Waals surface area contributed by atoms with Crippen LogP contribution in [0.2, 0.25) is 0 Å². The SMILES string of the molecule is C[C@@H]1CCCN(C(=O)CSc2ncnc3c(-c4ccc(F)cc4)nsc23)C1. The summed E-state index contributed by atoms with van der Waals surface area (Å²) in [6, 6.07) is 6.21. The molecule has 1 aliphatic heterocycles. The number of thioether (sulfide) groups is 1. The zero-order valence-corrected chi connectivity index (χ0v) is 16.5. The van der Waals surface area contributed by atoms with Gasteiger partial charge < -0.3 is 4.90 Å². The van der Waals surface area contributed by atoms with Crippen LogP contribution >= 0.6 is 23.3 Å². The maximum Gasteiger partial charge on any atom is 0.232 e. The average molecular weight is 403 g/mol. The lowest BCUT2D eigenvalue weighted by molar-refractivity contribution is -0.130. The minimum absolute atomic E-state index is 0.154. The molecule has 5 nitrogen and oxygen atoms in total. The van der Waals surface area contributed by atoms with Crippen molar-refractivity contribution in [2.45, 2.75) is 24.8 Å². The molecule has 3 aromatic rings. The Morgan fingerprint density at radius 1 is 1.33 bits per heavy atom. The van der Waals surface area contributed by atoms with E-state index in [9.17, 15) is 9.18 Å². The number of amides is 1. The molecule has 1 atom stereocenters. The second kappa shape index (κ2) is 7.90. The summed E-state index contributed by atoms with van der Waals surface area (Å²) in [6.45, 7) is 3.88. The van der Waals surface area contributed by atoms with Crippen LogP contribution in [0, 0.1) is 11.7 Å². The molecule has 0 radical (unpaired) electrons. The second-order valence-electron chi connectivity index (χ2n) is 6.77. The van der Waals surface area contributed by atoms with Crippen molar-refractivity contribution in [3.63, 3.8) is 0 Å². The topological polar surface area (TPSA) is 59.0 Å². The van der Waals surface area contributed by atoms with E-state index < -0.39 is 0 Å². The average Bonchev–Trinajstić information content (AvgIpc) is 3.11. The van der Waals surface area contributed by atoms with Crippen LogP contribution in [-0.2, 0) is 4.79 Å². The molecular weight excluding hydrogens is 383 g/mol. The molecule has 8 heteroatoms. The van der Waals surface area contributed by atoms with Crippen LogP contribution in [-0.4, -0.2) is 44.0 Å². The Labute approximate surface area is 165 Å². The summed E-state index contributed by atoms with van der Waals surface area (Å²) in [4.78, 5) is 23.2. The third-order valence-corrected chi connectivity index (χ3v) is 6.63. The molecule has 0 saturated carbocycles. The monoisotopic (exact) mass is 402 g/mol. The van der Waals surface area contributed by atoms with Crippen molar-refractivity contribution >= 4 is 39.4 Å². The van der Waals surface area contributed by atoms with Gasteiger partial charge in [0.05, 0.1) is 5.75 Å². The van der Waals surface area contributed by atoms with Crippen LogP contribution in [0.4, 0.5) is 4.39 Å². The summed E-state index contributed by atoms with van der Waals surface area (Å²) in [5.74, 6) is 0.803. The Morgan fingerprint density at radius 2 is 2.15 bits per heavy atom. The fraction of sp³-hybridized carbons (Fsp3) is 0.368. The summed E-state index contributed by atoms with van der Waals surface area (Å²) in [7, 11) is 0. The highest BCUT2D eigenvalue weighted by molar-refractivity contribution is 8.00. The quantitative estimate of drug-likeness (QED) is 0.482. The molecule has 140 valence electrons. The Morgan fingerprint density at radius 3 is 2.93 bits per heavy atom. The van der Waals surface area contributed by atoms with Gasteiger partial charge in [0.2, 0.25) is 5.91 Å². The molecule has 2 aromatic heterocycles. The van der Waals surface area contributed by atoms with Crippen molar-refractivity contribution < 1.29 is 9.18 Å². The van der Waals surface area contributed by atoms with Gasteiger partial charge in [-0.15, -0.1) is 0 Å².